The molecule has 100 valence electrons. The fraction of sp³-hybridized carbons (Fsp3) is 0.692. The summed E-state index contributed by atoms with van der Waals surface area (Å²) in [5, 5.41) is 3.70. The Hall–Kier alpha value is -0.710. The molecule has 1 aromatic rings. The van der Waals surface area contributed by atoms with Crippen molar-refractivity contribution in [3.8, 4) is 0 Å². The number of aromatic nitrogens is 2. The van der Waals surface area contributed by atoms with Crippen LogP contribution in [0.2, 0.25) is 5.15 Å². The second kappa shape index (κ2) is 7.02. The molecule has 1 aromatic heterocycles. The number of nitrogens with one attached hydrogen (secondary N) is 1. The maximum atomic E-state index is 5.76. The van der Waals surface area contributed by atoms with Crippen LogP contribution in [-0.2, 0) is 6.54 Å². The summed E-state index contributed by atoms with van der Waals surface area (Å²) in [6, 6.07) is 0.670. The number of halogens is 1. The first-order chi connectivity index (χ1) is 8.79. The van der Waals surface area contributed by atoms with Crippen molar-refractivity contribution in [1.82, 2.24) is 20.2 Å². The molecule has 2 heterocycles. The molecule has 18 heavy (non-hydrogen) atoms. The van der Waals surface area contributed by atoms with Gasteiger partial charge in [-0.3, -0.25) is 9.88 Å². The van der Waals surface area contributed by atoms with Gasteiger partial charge in [-0.2, -0.15) is 0 Å². The highest BCUT2D eigenvalue weighted by molar-refractivity contribution is 6.29. The van der Waals surface area contributed by atoms with Gasteiger partial charge in [0, 0.05) is 12.6 Å². The van der Waals surface area contributed by atoms with Gasteiger partial charge >= 0.3 is 0 Å². The van der Waals surface area contributed by atoms with Crippen LogP contribution in [0.15, 0.2) is 12.4 Å². The van der Waals surface area contributed by atoms with Crippen LogP contribution in [0.25, 0.3) is 0 Å². The van der Waals surface area contributed by atoms with Crippen LogP contribution in [0.3, 0.4) is 0 Å². The fourth-order valence-corrected chi connectivity index (χ4v) is 2.63. The van der Waals surface area contributed by atoms with E-state index in [1.54, 1.807) is 12.4 Å². The Morgan fingerprint density at radius 2 is 2.28 bits per heavy atom. The summed E-state index contributed by atoms with van der Waals surface area (Å²) in [6.07, 6.45) is 8.55. The van der Waals surface area contributed by atoms with Crippen molar-refractivity contribution >= 4 is 11.6 Å². The first-order valence-electron chi connectivity index (χ1n) is 6.64. The summed E-state index contributed by atoms with van der Waals surface area (Å²) < 4.78 is 0. The normalized spacial score (nSPS) is 21.1. The van der Waals surface area contributed by atoms with Crippen LogP contribution in [0, 0.1) is 0 Å². The molecule has 1 atom stereocenters. The molecule has 1 saturated heterocycles. The Labute approximate surface area is 114 Å². The molecule has 1 aliphatic heterocycles. The monoisotopic (exact) mass is 268 g/mol. The average Bonchev–Trinajstić information content (AvgIpc) is 2.40. The fourth-order valence-electron chi connectivity index (χ4n) is 2.53. The van der Waals surface area contributed by atoms with Gasteiger partial charge in [0.1, 0.15) is 5.15 Å². The van der Waals surface area contributed by atoms with Gasteiger partial charge in [0.2, 0.25) is 0 Å². The van der Waals surface area contributed by atoms with Gasteiger partial charge in [0.05, 0.1) is 18.1 Å². The third-order valence-corrected chi connectivity index (χ3v) is 3.71. The number of nitrogens with zero attached hydrogens (tertiary/aromatic N) is 3. The molecular weight excluding hydrogens is 248 g/mol. The van der Waals surface area contributed by atoms with Gasteiger partial charge in [-0.1, -0.05) is 18.0 Å². The molecule has 0 aromatic carbocycles. The Balaban J connectivity index is 1.94. The molecule has 1 unspecified atom stereocenters. The Kier molecular flexibility index (Phi) is 5.35. The van der Waals surface area contributed by atoms with E-state index in [4.69, 9.17) is 11.6 Å². The van der Waals surface area contributed by atoms with Crippen molar-refractivity contribution in [3.05, 3.63) is 23.2 Å². The zero-order chi connectivity index (χ0) is 12.8. The van der Waals surface area contributed by atoms with Gasteiger partial charge < -0.3 is 5.32 Å². The second-order valence-electron chi connectivity index (χ2n) is 4.84. The molecule has 0 radical (unpaired) electrons. The molecule has 1 aliphatic rings. The lowest BCUT2D eigenvalue weighted by atomic mass is 9.99. The Bertz CT molecular complexity index is 355. The van der Waals surface area contributed by atoms with Crippen molar-refractivity contribution < 1.29 is 0 Å². The highest BCUT2D eigenvalue weighted by Gasteiger charge is 2.22. The van der Waals surface area contributed by atoms with E-state index < -0.39 is 0 Å². The summed E-state index contributed by atoms with van der Waals surface area (Å²) in [6.45, 7) is 3.13. The van der Waals surface area contributed by atoms with E-state index >= 15 is 0 Å². The van der Waals surface area contributed by atoms with Crippen LogP contribution < -0.4 is 5.32 Å². The van der Waals surface area contributed by atoms with Crippen molar-refractivity contribution in [1.29, 1.82) is 0 Å². The molecule has 2 rings (SSSR count). The zero-order valence-electron chi connectivity index (χ0n) is 10.9. The smallest absolute Gasteiger partial charge is 0.147 e. The minimum atomic E-state index is 0.462. The van der Waals surface area contributed by atoms with E-state index in [0.29, 0.717) is 11.2 Å². The van der Waals surface area contributed by atoms with Gasteiger partial charge in [0.25, 0.3) is 0 Å². The molecular formula is C13H21ClN4. The molecule has 0 saturated carbocycles. The van der Waals surface area contributed by atoms with Gasteiger partial charge in [0.15, 0.2) is 0 Å². The molecule has 1 fully saturated rings. The van der Waals surface area contributed by atoms with E-state index in [1.165, 1.54) is 32.2 Å². The predicted molar refractivity (Wildman–Crippen MR) is 73.6 cm³/mol. The molecule has 4 nitrogen and oxygen atoms in total. The average molecular weight is 269 g/mol. The van der Waals surface area contributed by atoms with E-state index in [-0.39, 0.29) is 0 Å². The third kappa shape index (κ3) is 3.90. The van der Waals surface area contributed by atoms with Crippen LogP contribution in [-0.4, -0.2) is 41.0 Å². The first kappa shape index (κ1) is 13.7. The van der Waals surface area contributed by atoms with E-state index in [2.05, 4.69) is 20.2 Å². The summed E-state index contributed by atoms with van der Waals surface area (Å²) in [5.41, 5.74) is 1.01. The lowest BCUT2D eigenvalue weighted by Crippen LogP contribution is -2.40. The third-order valence-electron chi connectivity index (χ3n) is 3.52. The van der Waals surface area contributed by atoms with Gasteiger partial charge in [-0.25, -0.2) is 4.98 Å². The van der Waals surface area contributed by atoms with Crippen LogP contribution >= 0.6 is 11.6 Å². The molecule has 0 spiro atoms. The summed E-state index contributed by atoms with van der Waals surface area (Å²) in [5.74, 6) is 0. The van der Waals surface area contributed by atoms with Crippen LogP contribution in [0.1, 0.15) is 31.4 Å². The highest BCUT2D eigenvalue weighted by atomic mass is 35.5. The quantitative estimate of drug-likeness (QED) is 0.888. The Morgan fingerprint density at radius 3 is 3.00 bits per heavy atom. The zero-order valence-corrected chi connectivity index (χ0v) is 11.7. The lowest BCUT2D eigenvalue weighted by molar-refractivity contribution is 0.131. The van der Waals surface area contributed by atoms with Crippen LogP contribution in [0.4, 0.5) is 0 Å². The number of hydrogen-bond donors (Lipinski definition) is 1. The summed E-state index contributed by atoms with van der Waals surface area (Å²) in [4.78, 5) is 11.0. The summed E-state index contributed by atoms with van der Waals surface area (Å²) >= 11 is 5.76. The van der Waals surface area contributed by atoms with Gasteiger partial charge in [-0.05, 0) is 39.4 Å². The van der Waals surface area contributed by atoms with E-state index in [0.717, 1.165) is 18.8 Å². The number of likely N-dealkylation sites (tertiary alicyclic amines) is 1. The highest BCUT2D eigenvalue weighted by Crippen LogP contribution is 2.21. The molecule has 5 heteroatoms. The van der Waals surface area contributed by atoms with Crippen molar-refractivity contribution in [2.75, 3.05) is 20.1 Å². The van der Waals surface area contributed by atoms with E-state index in [9.17, 15) is 0 Å². The van der Waals surface area contributed by atoms with Crippen molar-refractivity contribution in [2.45, 2.75) is 38.3 Å². The summed E-state index contributed by atoms with van der Waals surface area (Å²) in [7, 11) is 2.01. The van der Waals surface area contributed by atoms with E-state index in [1.807, 2.05) is 7.05 Å². The minimum absolute atomic E-state index is 0.462. The Morgan fingerprint density at radius 1 is 1.39 bits per heavy atom. The standard InChI is InChI=1S/C13H21ClN4/c1-15-6-5-12-4-2-3-7-18(12)10-11-8-17-13(14)9-16-11/h8-9,12,15H,2-7,10H2,1H3. The number of hydrogen-bond acceptors (Lipinski definition) is 4. The SMILES string of the molecule is CNCCC1CCCCN1Cc1cnc(Cl)cn1. The van der Waals surface area contributed by atoms with Crippen molar-refractivity contribution in [3.63, 3.8) is 0 Å². The lowest BCUT2D eigenvalue weighted by Gasteiger charge is -2.35. The second-order valence-corrected chi connectivity index (χ2v) is 5.23. The molecule has 0 bridgehead atoms. The molecule has 0 amide bonds. The molecule has 0 aliphatic carbocycles. The maximum absolute atomic E-state index is 5.76. The van der Waals surface area contributed by atoms with Gasteiger partial charge in [-0.15, -0.1) is 0 Å². The van der Waals surface area contributed by atoms with Crippen LogP contribution in [0.5, 0.6) is 0 Å². The topological polar surface area (TPSA) is 41.0 Å². The minimum Gasteiger partial charge on any atom is -0.320 e. The number of rotatable bonds is 5. The number of piperidine rings is 1. The maximum Gasteiger partial charge on any atom is 0.147 e. The predicted octanol–water partition coefficient (Wildman–Crippen LogP) is 2.09. The molecule has 1 N–H and O–H groups in total. The largest absolute Gasteiger partial charge is 0.320 e. The first-order valence-corrected chi connectivity index (χ1v) is 7.02. The van der Waals surface area contributed by atoms with Crippen molar-refractivity contribution in [2.24, 2.45) is 0 Å².